The fourth-order valence-corrected chi connectivity index (χ4v) is 4.21. The molecule has 5 nitrogen and oxygen atoms in total. The molecule has 0 saturated carbocycles. The fourth-order valence-electron chi connectivity index (χ4n) is 4.21. The van der Waals surface area contributed by atoms with E-state index in [4.69, 9.17) is 0 Å². The standard InChI is InChI=1S/C20H25N3O2/c1-14(24)22-10-5-11-23(13-12-22)20(25)17-8-4-7-16-15-6-2-3-9-18(15)21-19(16)17/h4,7-8,21H,2-3,5-6,9-13H2,1H3. The van der Waals surface area contributed by atoms with Crippen LogP contribution in [-0.2, 0) is 17.6 Å². The van der Waals surface area contributed by atoms with Crippen LogP contribution in [0.1, 0.15) is 47.8 Å². The van der Waals surface area contributed by atoms with Crippen molar-refractivity contribution in [2.75, 3.05) is 26.2 Å². The largest absolute Gasteiger partial charge is 0.358 e. The van der Waals surface area contributed by atoms with Gasteiger partial charge in [0, 0.05) is 44.2 Å². The van der Waals surface area contributed by atoms with E-state index in [1.807, 2.05) is 21.9 Å². The third kappa shape index (κ3) is 2.92. The lowest BCUT2D eigenvalue weighted by Gasteiger charge is -2.21. The van der Waals surface area contributed by atoms with Crippen molar-refractivity contribution in [2.24, 2.45) is 0 Å². The van der Waals surface area contributed by atoms with Gasteiger partial charge in [0.05, 0.1) is 11.1 Å². The van der Waals surface area contributed by atoms with Crippen LogP contribution in [0.3, 0.4) is 0 Å². The van der Waals surface area contributed by atoms with Gasteiger partial charge in [-0.3, -0.25) is 9.59 Å². The van der Waals surface area contributed by atoms with E-state index in [2.05, 4.69) is 11.1 Å². The maximum Gasteiger partial charge on any atom is 0.256 e. The van der Waals surface area contributed by atoms with Crippen molar-refractivity contribution in [1.29, 1.82) is 0 Å². The molecule has 0 bridgehead atoms. The first-order valence-corrected chi connectivity index (χ1v) is 9.32. The summed E-state index contributed by atoms with van der Waals surface area (Å²) in [6, 6.07) is 6.06. The Morgan fingerprint density at radius 1 is 0.960 bits per heavy atom. The number of nitrogens with zero attached hydrogens (tertiary/aromatic N) is 2. The molecule has 25 heavy (non-hydrogen) atoms. The second kappa shape index (κ2) is 6.54. The molecule has 0 spiro atoms. The first kappa shape index (κ1) is 16.2. The number of amides is 2. The second-order valence-corrected chi connectivity index (χ2v) is 7.17. The average Bonchev–Trinajstić information content (AvgIpc) is 2.82. The van der Waals surface area contributed by atoms with Crippen LogP contribution in [0.15, 0.2) is 18.2 Å². The predicted molar refractivity (Wildman–Crippen MR) is 97.7 cm³/mol. The van der Waals surface area contributed by atoms with Gasteiger partial charge in [-0.15, -0.1) is 0 Å². The van der Waals surface area contributed by atoms with E-state index in [0.29, 0.717) is 19.6 Å². The Labute approximate surface area is 148 Å². The summed E-state index contributed by atoms with van der Waals surface area (Å²) in [6.45, 7) is 4.27. The van der Waals surface area contributed by atoms with Crippen molar-refractivity contribution < 1.29 is 9.59 Å². The third-order valence-corrected chi connectivity index (χ3v) is 5.59. The molecular weight excluding hydrogens is 314 g/mol. The van der Waals surface area contributed by atoms with Gasteiger partial charge < -0.3 is 14.8 Å². The lowest BCUT2D eigenvalue weighted by atomic mass is 9.95. The molecule has 0 atom stereocenters. The molecule has 0 unspecified atom stereocenters. The van der Waals surface area contributed by atoms with Crippen LogP contribution >= 0.6 is 0 Å². The maximum atomic E-state index is 13.2. The van der Waals surface area contributed by atoms with E-state index in [-0.39, 0.29) is 11.8 Å². The molecule has 1 aliphatic heterocycles. The van der Waals surface area contributed by atoms with Gasteiger partial charge in [0.1, 0.15) is 0 Å². The van der Waals surface area contributed by atoms with Gasteiger partial charge in [-0.2, -0.15) is 0 Å². The summed E-state index contributed by atoms with van der Waals surface area (Å²) in [4.78, 5) is 32.0. The molecule has 132 valence electrons. The number of rotatable bonds is 1. The number of aryl methyl sites for hydroxylation is 2. The highest BCUT2D eigenvalue weighted by atomic mass is 16.2. The quantitative estimate of drug-likeness (QED) is 0.868. The van der Waals surface area contributed by atoms with Crippen LogP contribution in [0, 0.1) is 0 Å². The zero-order valence-electron chi connectivity index (χ0n) is 14.8. The minimum absolute atomic E-state index is 0.0783. The lowest BCUT2D eigenvalue weighted by molar-refractivity contribution is -0.128. The van der Waals surface area contributed by atoms with Gasteiger partial charge in [0.25, 0.3) is 5.91 Å². The van der Waals surface area contributed by atoms with Gasteiger partial charge in [-0.25, -0.2) is 0 Å². The molecule has 1 N–H and O–H groups in total. The molecule has 1 aliphatic carbocycles. The van der Waals surface area contributed by atoms with E-state index in [1.165, 1.54) is 29.5 Å². The summed E-state index contributed by atoms with van der Waals surface area (Å²) in [7, 11) is 0. The smallest absolute Gasteiger partial charge is 0.256 e. The van der Waals surface area contributed by atoms with Crippen molar-refractivity contribution in [3.05, 3.63) is 35.0 Å². The lowest BCUT2D eigenvalue weighted by Crippen LogP contribution is -2.36. The topological polar surface area (TPSA) is 56.4 Å². The van der Waals surface area contributed by atoms with Crippen molar-refractivity contribution in [3.8, 4) is 0 Å². The molecule has 0 radical (unpaired) electrons. The number of para-hydroxylation sites is 1. The molecule has 1 aromatic carbocycles. The van der Waals surface area contributed by atoms with Crippen LogP contribution in [-0.4, -0.2) is 52.8 Å². The van der Waals surface area contributed by atoms with Crippen LogP contribution in [0.25, 0.3) is 10.9 Å². The van der Waals surface area contributed by atoms with E-state index in [1.54, 1.807) is 6.92 Å². The predicted octanol–water partition coefficient (Wildman–Crippen LogP) is 2.74. The summed E-state index contributed by atoms with van der Waals surface area (Å²) in [5.41, 5.74) is 4.46. The number of aromatic nitrogens is 1. The SMILES string of the molecule is CC(=O)N1CCCN(C(=O)c2cccc3c4c([nH]c23)CCCC4)CC1. The van der Waals surface area contributed by atoms with Gasteiger partial charge in [0.2, 0.25) is 5.91 Å². The molecule has 2 aromatic rings. The van der Waals surface area contributed by atoms with Crippen LogP contribution in [0.4, 0.5) is 0 Å². The Morgan fingerprint density at radius 3 is 2.56 bits per heavy atom. The number of carbonyl (C=O) groups excluding carboxylic acids is 2. The number of hydrogen-bond acceptors (Lipinski definition) is 2. The molecular formula is C20H25N3O2. The Kier molecular flexibility index (Phi) is 4.24. The summed E-state index contributed by atoms with van der Waals surface area (Å²) >= 11 is 0. The molecule has 5 heteroatoms. The highest BCUT2D eigenvalue weighted by Gasteiger charge is 2.24. The Bertz CT molecular complexity index is 824. The van der Waals surface area contributed by atoms with Crippen LogP contribution in [0.2, 0.25) is 0 Å². The maximum absolute atomic E-state index is 13.2. The van der Waals surface area contributed by atoms with E-state index < -0.39 is 0 Å². The number of fused-ring (bicyclic) bond motifs is 3. The van der Waals surface area contributed by atoms with E-state index in [9.17, 15) is 9.59 Å². The number of nitrogens with one attached hydrogen (secondary N) is 1. The number of carbonyl (C=O) groups is 2. The zero-order valence-corrected chi connectivity index (χ0v) is 14.8. The van der Waals surface area contributed by atoms with Gasteiger partial charge in [-0.1, -0.05) is 12.1 Å². The first-order chi connectivity index (χ1) is 12.1. The molecule has 1 fully saturated rings. The molecule has 4 rings (SSSR count). The van der Waals surface area contributed by atoms with Crippen LogP contribution < -0.4 is 0 Å². The van der Waals surface area contributed by atoms with Crippen molar-refractivity contribution in [1.82, 2.24) is 14.8 Å². The Morgan fingerprint density at radius 2 is 1.72 bits per heavy atom. The highest BCUT2D eigenvalue weighted by molar-refractivity contribution is 6.06. The Hall–Kier alpha value is -2.30. The average molecular weight is 339 g/mol. The normalized spacial score (nSPS) is 18.1. The minimum Gasteiger partial charge on any atom is -0.358 e. The highest BCUT2D eigenvalue weighted by Crippen LogP contribution is 2.31. The monoisotopic (exact) mass is 339 g/mol. The van der Waals surface area contributed by atoms with Crippen molar-refractivity contribution in [2.45, 2.75) is 39.0 Å². The third-order valence-electron chi connectivity index (χ3n) is 5.59. The Balaban J connectivity index is 1.64. The van der Waals surface area contributed by atoms with Gasteiger partial charge >= 0.3 is 0 Å². The first-order valence-electron chi connectivity index (χ1n) is 9.32. The number of benzene rings is 1. The van der Waals surface area contributed by atoms with E-state index in [0.717, 1.165) is 36.9 Å². The summed E-state index contributed by atoms with van der Waals surface area (Å²) in [6.07, 6.45) is 5.46. The van der Waals surface area contributed by atoms with Gasteiger partial charge in [-0.05, 0) is 43.7 Å². The number of hydrogen-bond donors (Lipinski definition) is 1. The van der Waals surface area contributed by atoms with Gasteiger partial charge in [0.15, 0.2) is 0 Å². The number of H-pyrrole nitrogens is 1. The molecule has 2 heterocycles. The molecule has 2 amide bonds. The summed E-state index contributed by atoms with van der Waals surface area (Å²) < 4.78 is 0. The molecule has 1 aromatic heterocycles. The molecule has 1 saturated heterocycles. The molecule has 2 aliphatic rings. The summed E-state index contributed by atoms with van der Waals surface area (Å²) in [5, 5.41) is 1.21. The summed E-state index contributed by atoms with van der Waals surface area (Å²) in [5.74, 6) is 0.169. The number of aromatic amines is 1. The van der Waals surface area contributed by atoms with E-state index >= 15 is 0 Å². The minimum atomic E-state index is 0.0783. The van der Waals surface area contributed by atoms with Crippen molar-refractivity contribution in [3.63, 3.8) is 0 Å². The second-order valence-electron chi connectivity index (χ2n) is 7.17. The zero-order chi connectivity index (χ0) is 17.4. The van der Waals surface area contributed by atoms with Crippen LogP contribution in [0.5, 0.6) is 0 Å². The fraction of sp³-hybridized carbons (Fsp3) is 0.500. The van der Waals surface area contributed by atoms with Crippen molar-refractivity contribution >= 4 is 22.7 Å².